The van der Waals surface area contributed by atoms with Gasteiger partial charge in [-0.25, -0.2) is 4.39 Å². The molecule has 0 aliphatic carbocycles. The maximum absolute atomic E-state index is 13.6. The topological polar surface area (TPSA) is 67.9 Å². The highest BCUT2D eigenvalue weighted by atomic mass is 32.2. The number of amides is 2. The predicted octanol–water partition coefficient (Wildman–Crippen LogP) is 3.49. The van der Waals surface area contributed by atoms with Crippen LogP contribution in [-0.2, 0) is 4.79 Å². The molecule has 154 valence electrons. The largest absolute Gasteiger partial charge is 0.454 e. The Morgan fingerprint density at radius 1 is 1.27 bits per heavy atom. The van der Waals surface area contributed by atoms with Crippen molar-refractivity contribution in [2.75, 3.05) is 19.9 Å². The maximum atomic E-state index is 13.6. The molecule has 2 amide bonds. The van der Waals surface area contributed by atoms with Crippen molar-refractivity contribution >= 4 is 46.2 Å². The number of thioether (sulfide) groups is 1. The summed E-state index contributed by atoms with van der Waals surface area (Å²) in [5, 5.41) is 2.69. The molecule has 6 nitrogen and oxygen atoms in total. The first-order chi connectivity index (χ1) is 14.4. The molecule has 1 saturated heterocycles. The molecule has 0 bridgehead atoms. The van der Waals surface area contributed by atoms with Crippen LogP contribution in [0.2, 0.25) is 0 Å². The second-order valence-electron chi connectivity index (χ2n) is 6.67. The van der Waals surface area contributed by atoms with Crippen LogP contribution in [0.25, 0.3) is 6.08 Å². The lowest BCUT2D eigenvalue weighted by Gasteiger charge is -2.15. The van der Waals surface area contributed by atoms with E-state index in [2.05, 4.69) is 5.32 Å². The number of nitrogens with zero attached hydrogens (tertiary/aromatic N) is 1. The van der Waals surface area contributed by atoms with E-state index < -0.39 is 11.7 Å². The van der Waals surface area contributed by atoms with Crippen LogP contribution in [0.1, 0.15) is 21.5 Å². The SMILES string of the molecule is Cc1ccc(C(=O)NCCN2C(=O)C(=Cc3ccc4c(c3)OCO4)SC2=S)cc1F. The third kappa shape index (κ3) is 4.17. The van der Waals surface area contributed by atoms with Gasteiger partial charge in [-0.1, -0.05) is 36.1 Å². The summed E-state index contributed by atoms with van der Waals surface area (Å²) in [6, 6.07) is 9.72. The highest BCUT2D eigenvalue weighted by molar-refractivity contribution is 8.26. The number of halogens is 1. The van der Waals surface area contributed by atoms with Gasteiger partial charge < -0.3 is 14.8 Å². The van der Waals surface area contributed by atoms with E-state index in [9.17, 15) is 14.0 Å². The number of aryl methyl sites for hydroxylation is 1. The fourth-order valence-electron chi connectivity index (χ4n) is 2.96. The van der Waals surface area contributed by atoms with Crippen molar-refractivity contribution in [1.29, 1.82) is 0 Å². The molecule has 2 aliphatic rings. The van der Waals surface area contributed by atoms with Gasteiger partial charge in [0.05, 0.1) is 4.91 Å². The summed E-state index contributed by atoms with van der Waals surface area (Å²) in [4.78, 5) is 26.8. The van der Waals surface area contributed by atoms with Gasteiger partial charge in [-0.3, -0.25) is 14.5 Å². The van der Waals surface area contributed by atoms with E-state index in [0.717, 1.165) is 5.56 Å². The van der Waals surface area contributed by atoms with Crippen LogP contribution >= 0.6 is 24.0 Å². The molecule has 4 rings (SSSR count). The lowest BCUT2D eigenvalue weighted by atomic mass is 10.1. The van der Waals surface area contributed by atoms with E-state index in [1.165, 1.54) is 22.7 Å². The minimum atomic E-state index is -0.437. The Labute approximate surface area is 182 Å². The molecule has 2 heterocycles. The van der Waals surface area contributed by atoms with Gasteiger partial charge in [-0.15, -0.1) is 0 Å². The summed E-state index contributed by atoms with van der Waals surface area (Å²) >= 11 is 6.52. The van der Waals surface area contributed by atoms with Crippen molar-refractivity contribution in [3.63, 3.8) is 0 Å². The Bertz CT molecular complexity index is 1090. The summed E-state index contributed by atoms with van der Waals surface area (Å²) in [6.07, 6.45) is 1.74. The van der Waals surface area contributed by atoms with Crippen molar-refractivity contribution < 1.29 is 23.5 Å². The summed E-state index contributed by atoms with van der Waals surface area (Å²) in [7, 11) is 0. The van der Waals surface area contributed by atoms with E-state index in [1.54, 1.807) is 37.3 Å². The lowest BCUT2D eigenvalue weighted by molar-refractivity contribution is -0.122. The molecular weight excluding hydrogens is 427 g/mol. The fourth-order valence-corrected chi connectivity index (χ4v) is 4.27. The van der Waals surface area contributed by atoms with Gasteiger partial charge in [0.15, 0.2) is 11.5 Å². The summed E-state index contributed by atoms with van der Waals surface area (Å²) in [5.41, 5.74) is 1.50. The minimum absolute atomic E-state index is 0.182. The Kier molecular flexibility index (Phi) is 5.74. The first-order valence-electron chi connectivity index (χ1n) is 9.12. The maximum Gasteiger partial charge on any atom is 0.266 e. The molecule has 2 aliphatic heterocycles. The quantitative estimate of drug-likeness (QED) is 0.563. The number of carbonyl (C=O) groups is 2. The number of hydrogen-bond acceptors (Lipinski definition) is 6. The van der Waals surface area contributed by atoms with E-state index in [0.29, 0.717) is 26.3 Å². The van der Waals surface area contributed by atoms with Crippen LogP contribution in [0, 0.1) is 12.7 Å². The number of carbonyl (C=O) groups excluding carboxylic acids is 2. The Morgan fingerprint density at radius 3 is 2.87 bits per heavy atom. The van der Waals surface area contributed by atoms with E-state index in [4.69, 9.17) is 21.7 Å². The van der Waals surface area contributed by atoms with Gasteiger partial charge in [0.1, 0.15) is 10.1 Å². The highest BCUT2D eigenvalue weighted by Crippen LogP contribution is 2.36. The normalized spacial score (nSPS) is 16.5. The number of hydrogen-bond donors (Lipinski definition) is 1. The van der Waals surface area contributed by atoms with Crippen molar-refractivity contribution in [2.45, 2.75) is 6.92 Å². The van der Waals surface area contributed by atoms with Crippen LogP contribution in [0.5, 0.6) is 11.5 Å². The number of rotatable bonds is 5. The number of fused-ring (bicyclic) bond motifs is 1. The molecule has 2 aromatic carbocycles. The molecule has 0 aromatic heterocycles. The van der Waals surface area contributed by atoms with E-state index in [1.807, 2.05) is 6.07 Å². The Hall–Kier alpha value is -2.91. The van der Waals surface area contributed by atoms with Crippen molar-refractivity contribution in [3.05, 3.63) is 63.8 Å². The monoisotopic (exact) mass is 444 g/mol. The average molecular weight is 445 g/mol. The lowest BCUT2D eigenvalue weighted by Crippen LogP contribution is -2.37. The molecule has 2 aromatic rings. The van der Waals surface area contributed by atoms with Gasteiger partial charge in [-0.2, -0.15) is 0 Å². The van der Waals surface area contributed by atoms with Gasteiger partial charge in [0.2, 0.25) is 6.79 Å². The van der Waals surface area contributed by atoms with Crippen LogP contribution in [0.15, 0.2) is 41.3 Å². The standard InChI is InChI=1S/C21H17FN2O4S2/c1-12-2-4-14(10-15(12)22)19(25)23-6-7-24-20(26)18(30-21(24)29)9-13-3-5-16-17(8-13)28-11-27-16/h2-5,8-10H,6-7,11H2,1H3,(H,23,25). The smallest absolute Gasteiger partial charge is 0.266 e. The van der Waals surface area contributed by atoms with Crippen molar-refractivity contribution in [2.24, 2.45) is 0 Å². The third-order valence-corrected chi connectivity index (χ3v) is 6.00. The average Bonchev–Trinajstić information content (AvgIpc) is 3.29. The zero-order chi connectivity index (χ0) is 21.3. The first kappa shape index (κ1) is 20.4. The van der Waals surface area contributed by atoms with Crippen molar-refractivity contribution in [1.82, 2.24) is 10.2 Å². The second-order valence-corrected chi connectivity index (χ2v) is 8.34. The number of benzene rings is 2. The molecule has 9 heteroatoms. The second kappa shape index (κ2) is 8.45. The molecule has 0 atom stereocenters. The first-order valence-corrected chi connectivity index (χ1v) is 10.3. The van der Waals surface area contributed by atoms with Gasteiger partial charge in [0.25, 0.3) is 11.8 Å². The molecule has 0 unspecified atom stereocenters. The van der Waals surface area contributed by atoms with Crippen LogP contribution in [-0.4, -0.2) is 40.9 Å². The van der Waals surface area contributed by atoms with Crippen LogP contribution < -0.4 is 14.8 Å². The molecule has 30 heavy (non-hydrogen) atoms. The molecule has 0 radical (unpaired) electrons. The number of nitrogens with one attached hydrogen (secondary N) is 1. The van der Waals surface area contributed by atoms with E-state index >= 15 is 0 Å². The number of ether oxygens (including phenoxy) is 2. The summed E-state index contributed by atoms with van der Waals surface area (Å²) in [5.74, 6) is 0.236. The Morgan fingerprint density at radius 2 is 2.07 bits per heavy atom. The van der Waals surface area contributed by atoms with E-state index in [-0.39, 0.29) is 31.4 Å². The van der Waals surface area contributed by atoms with Gasteiger partial charge in [-0.05, 0) is 48.4 Å². The van der Waals surface area contributed by atoms with Gasteiger partial charge >= 0.3 is 0 Å². The predicted molar refractivity (Wildman–Crippen MR) is 116 cm³/mol. The fraction of sp³-hybridized carbons (Fsp3) is 0.190. The number of thiocarbonyl (C=S) groups is 1. The van der Waals surface area contributed by atoms with Crippen LogP contribution in [0.4, 0.5) is 4.39 Å². The Balaban J connectivity index is 1.37. The minimum Gasteiger partial charge on any atom is -0.454 e. The van der Waals surface area contributed by atoms with Gasteiger partial charge in [0, 0.05) is 18.7 Å². The van der Waals surface area contributed by atoms with Crippen LogP contribution in [0.3, 0.4) is 0 Å². The molecular formula is C21H17FN2O4S2. The van der Waals surface area contributed by atoms with Crippen molar-refractivity contribution in [3.8, 4) is 11.5 Å². The molecule has 0 spiro atoms. The zero-order valence-corrected chi connectivity index (χ0v) is 17.6. The molecule has 1 fully saturated rings. The third-order valence-electron chi connectivity index (χ3n) is 4.62. The summed E-state index contributed by atoms with van der Waals surface area (Å²) < 4.78 is 24.7. The zero-order valence-electron chi connectivity index (χ0n) is 15.9. The highest BCUT2D eigenvalue weighted by Gasteiger charge is 2.31. The molecule has 0 saturated carbocycles. The summed E-state index contributed by atoms with van der Waals surface area (Å²) in [6.45, 7) is 2.23. The molecule has 1 N–H and O–H groups in total.